The van der Waals surface area contributed by atoms with E-state index in [1.165, 1.54) is 23.4 Å². The molecule has 0 heterocycles. The van der Waals surface area contributed by atoms with Crippen molar-refractivity contribution in [1.29, 1.82) is 0 Å². The van der Waals surface area contributed by atoms with Gasteiger partial charge in [0.05, 0.1) is 0 Å². The molecular weight excluding hydrogens is 313 g/mol. The van der Waals surface area contributed by atoms with Crippen LogP contribution in [0.5, 0.6) is 0 Å². The van der Waals surface area contributed by atoms with Crippen LogP contribution >= 0.6 is 27.7 Å². The number of halogens is 2. The third-order valence-corrected chi connectivity index (χ3v) is 4.48. The van der Waals surface area contributed by atoms with Crippen molar-refractivity contribution in [1.82, 2.24) is 5.32 Å². The van der Waals surface area contributed by atoms with Crippen molar-refractivity contribution in [2.75, 3.05) is 7.05 Å². The molecule has 0 saturated carbocycles. The van der Waals surface area contributed by atoms with Crippen LogP contribution in [0, 0.1) is 5.82 Å². The average Bonchev–Trinajstić information content (AvgIpc) is 2.35. The summed E-state index contributed by atoms with van der Waals surface area (Å²) in [5.74, 6) is -0.186. The Kier molecular flexibility index (Phi) is 4.80. The predicted octanol–water partition coefficient (Wildman–Crippen LogP) is 4.46. The smallest absolute Gasteiger partial charge is 0.137 e. The molecule has 0 aromatic heterocycles. The molecule has 0 bridgehead atoms. The van der Waals surface area contributed by atoms with Gasteiger partial charge in [-0.3, -0.25) is 0 Å². The molecule has 0 saturated heterocycles. The lowest BCUT2D eigenvalue weighted by molar-refractivity contribution is 0.602. The molecular formula is C14H13BrFNS. The highest BCUT2D eigenvalue weighted by molar-refractivity contribution is 9.10. The number of rotatable bonds is 4. The highest BCUT2D eigenvalue weighted by atomic mass is 79.9. The topological polar surface area (TPSA) is 12.0 Å². The summed E-state index contributed by atoms with van der Waals surface area (Å²) in [5, 5.41) is 3.10. The molecule has 0 atom stereocenters. The van der Waals surface area contributed by atoms with E-state index in [4.69, 9.17) is 0 Å². The lowest BCUT2D eigenvalue weighted by Gasteiger charge is -2.07. The quantitative estimate of drug-likeness (QED) is 0.890. The SMILES string of the molecule is CNCc1ccc(Sc2ccccc2F)c(Br)c1. The molecule has 0 radical (unpaired) electrons. The molecule has 2 rings (SSSR count). The zero-order valence-electron chi connectivity index (χ0n) is 9.91. The summed E-state index contributed by atoms with van der Waals surface area (Å²) in [4.78, 5) is 1.65. The molecule has 0 aliphatic heterocycles. The first kappa shape index (κ1) is 13.6. The Morgan fingerprint density at radius 3 is 2.61 bits per heavy atom. The van der Waals surface area contributed by atoms with E-state index in [2.05, 4.69) is 27.3 Å². The van der Waals surface area contributed by atoms with Gasteiger partial charge in [-0.15, -0.1) is 0 Å². The van der Waals surface area contributed by atoms with Crippen molar-refractivity contribution in [3.8, 4) is 0 Å². The molecule has 0 aliphatic carbocycles. The van der Waals surface area contributed by atoms with Gasteiger partial charge in [-0.1, -0.05) is 30.0 Å². The van der Waals surface area contributed by atoms with Gasteiger partial charge in [-0.05, 0) is 52.8 Å². The number of hydrogen-bond acceptors (Lipinski definition) is 2. The van der Waals surface area contributed by atoms with Gasteiger partial charge in [-0.25, -0.2) is 4.39 Å². The first-order chi connectivity index (χ1) is 8.70. The number of hydrogen-bond donors (Lipinski definition) is 1. The minimum absolute atomic E-state index is 0.186. The molecule has 0 amide bonds. The van der Waals surface area contributed by atoms with Crippen molar-refractivity contribution in [3.05, 3.63) is 58.3 Å². The highest BCUT2D eigenvalue weighted by Crippen LogP contribution is 2.35. The van der Waals surface area contributed by atoms with Gasteiger partial charge >= 0.3 is 0 Å². The molecule has 1 nitrogen and oxygen atoms in total. The van der Waals surface area contributed by atoms with E-state index in [0.29, 0.717) is 4.90 Å². The summed E-state index contributed by atoms with van der Waals surface area (Å²) in [7, 11) is 1.91. The van der Waals surface area contributed by atoms with Crippen LogP contribution in [0.4, 0.5) is 4.39 Å². The maximum absolute atomic E-state index is 13.6. The minimum atomic E-state index is -0.186. The van der Waals surface area contributed by atoms with E-state index < -0.39 is 0 Å². The zero-order chi connectivity index (χ0) is 13.0. The Morgan fingerprint density at radius 1 is 1.17 bits per heavy atom. The first-order valence-corrected chi connectivity index (χ1v) is 7.17. The summed E-state index contributed by atoms with van der Waals surface area (Å²) >= 11 is 4.95. The summed E-state index contributed by atoms with van der Waals surface area (Å²) in [6.45, 7) is 0.823. The molecule has 4 heteroatoms. The third-order valence-electron chi connectivity index (χ3n) is 2.43. The lowest BCUT2D eigenvalue weighted by atomic mass is 10.2. The fourth-order valence-electron chi connectivity index (χ4n) is 1.59. The maximum Gasteiger partial charge on any atom is 0.137 e. The van der Waals surface area contributed by atoms with Crippen molar-refractivity contribution in [2.24, 2.45) is 0 Å². The summed E-state index contributed by atoms with van der Waals surface area (Å²) in [6, 6.07) is 12.9. The van der Waals surface area contributed by atoms with Crippen LogP contribution in [0.15, 0.2) is 56.7 Å². The molecule has 18 heavy (non-hydrogen) atoms. The standard InChI is InChI=1S/C14H13BrFNS/c1-17-9-10-6-7-13(11(15)8-10)18-14-5-3-2-4-12(14)16/h2-8,17H,9H2,1H3. The van der Waals surface area contributed by atoms with Crippen LogP contribution in [0.25, 0.3) is 0 Å². The summed E-state index contributed by atoms with van der Waals surface area (Å²) in [5.41, 5.74) is 1.20. The zero-order valence-corrected chi connectivity index (χ0v) is 12.3. The molecule has 0 unspecified atom stereocenters. The van der Waals surface area contributed by atoms with E-state index in [0.717, 1.165) is 15.9 Å². The maximum atomic E-state index is 13.6. The highest BCUT2D eigenvalue weighted by Gasteiger charge is 2.07. The molecule has 1 N–H and O–H groups in total. The molecule has 0 spiro atoms. The van der Waals surface area contributed by atoms with Crippen molar-refractivity contribution < 1.29 is 4.39 Å². The lowest BCUT2D eigenvalue weighted by Crippen LogP contribution is -2.04. The van der Waals surface area contributed by atoms with Crippen LogP contribution in [0.3, 0.4) is 0 Å². The van der Waals surface area contributed by atoms with E-state index in [1.54, 1.807) is 12.1 Å². The number of benzene rings is 2. The average molecular weight is 326 g/mol. The monoisotopic (exact) mass is 325 g/mol. The van der Waals surface area contributed by atoms with E-state index in [1.807, 2.05) is 25.2 Å². The fourth-order valence-corrected chi connectivity index (χ4v) is 3.10. The Hall–Kier alpha value is -0.840. The molecule has 0 aliphatic rings. The first-order valence-electron chi connectivity index (χ1n) is 5.56. The molecule has 94 valence electrons. The van der Waals surface area contributed by atoms with Gasteiger partial charge in [-0.2, -0.15) is 0 Å². The van der Waals surface area contributed by atoms with E-state index in [9.17, 15) is 4.39 Å². The largest absolute Gasteiger partial charge is 0.316 e. The Labute approximate surface area is 119 Å². The summed E-state index contributed by atoms with van der Waals surface area (Å²) < 4.78 is 14.6. The van der Waals surface area contributed by atoms with Crippen LogP contribution in [-0.2, 0) is 6.54 Å². The second kappa shape index (κ2) is 6.36. The van der Waals surface area contributed by atoms with Gasteiger partial charge in [0, 0.05) is 20.8 Å². The minimum Gasteiger partial charge on any atom is -0.316 e. The molecule has 2 aromatic carbocycles. The summed E-state index contributed by atoms with van der Waals surface area (Å²) in [6.07, 6.45) is 0. The van der Waals surface area contributed by atoms with E-state index >= 15 is 0 Å². The van der Waals surface area contributed by atoms with Crippen molar-refractivity contribution >= 4 is 27.7 Å². The van der Waals surface area contributed by atoms with E-state index in [-0.39, 0.29) is 5.82 Å². The fraction of sp³-hybridized carbons (Fsp3) is 0.143. The Balaban J connectivity index is 2.22. The number of nitrogens with one attached hydrogen (secondary N) is 1. The predicted molar refractivity (Wildman–Crippen MR) is 77.4 cm³/mol. The normalized spacial score (nSPS) is 10.6. The van der Waals surface area contributed by atoms with Gasteiger partial charge in [0.25, 0.3) is 0 Å². The Bertz CT molecular complexity index is 545. The van der Waals surface area contributed by atoms with Crippen LogP contribution < -0.4 is 5.32 Å². The van der Waals surface area contributed by atoms with Gasteiger partial charge in [0.1, 0.15) is 5.82 Å². The van der Waals surface area contributed by atoms with Crippen LogP contribution in [0.2, 0.25) is 0 Å². The van der Waals surface area contributed by atoms with Gasteiger partial charge in [0.15, 0.2) is 0 Å². The molecule has 0 fully saturated rings. The second-order valence-electron chi connectivity index (χ2n) is 3.83. The van der Waals surface area contributed by atoms with Gasteiger partial charge < -0.3 is 5.32 Å². The third kappa shape index (κ3) is 3.34. The van der Waals surface area contributed by atoms with Crippen molar-refractivity contribution in [3.63, 3.8) is 0 Å². The van der Waals surface area contributed by atoms with Crippen LogP contribution in [-0.4, -0.2) is 7.05 Å². The molecule has 2 aromatic rings. The second-order valence-corrected chi connectivity index (χ2v) is 5.77. The van der Waals surface area contributed by atoms with Crippen LogP contribution in [0.1, 0.15) is 5.56 Å². The Morgan fingerprint density at radius 2 is 1.94 bits per heavy atom. The van der Waals surface area contributed by atoms with Crippen molar-refractivity contribution in [2.45, 2.75) is 16.3 Å². The van der Waals surface area contributed by atoms with Gasteiger partial charge in [0.2, 0.25) is 0 Å².